The molecule has 5 nitrogen and oxygen atoms in total. The number of carbonyl (C=O) groups is 1. The molecule has 124 valence electrons. The maximum atomic E-state index is 12.6. The van der Waals surface area contributed by atoms with Crippen molar-refractivity contribution in [3.8, 4) is 0 Å². The zero-order valence-corrected chi connectivity index (χ0v) is 14.5. The summed E-state index contributed by atoms with van der Waals surface area (Å²) in [5.41, 5.74) is 2.68. The van der Waals surface area contributed by atoms with E-state index in [9.17, 15) is 4.79 Å². The van der Waals surface area contributed by atoms with Gasteiger partial charge in [0.1, 0.15) is 11.3 Å². The molecule has 24 heavy (non-hydrogen) atoms. The van der Waals surface area contributed by atoms with Crippen LogP contribution >= 0.6 is 11.3 Å². The molecule has 1 fully saturated rings. The van der Waals surface area contributed by atoms with Gasteiger partial charge in [-0.3, -0.25) is 4.79 Å². The van der Waals surface area contributed by atoms with Crippen molar-refractivity contribution in [2.75, 3.05) is 13.1 Å². The van der Waals surface area contributed by atoms with Gasteiger partial charge in [0, 0.05) is 31.1 Å². The first kappa shape index (κ1) is 15.3. The molecular formula is C18H20N4OS. The number of aryl methyl sites for hydroxylation is 1. The minimum absolute atomic E-state index is 0.133. The molecule has 0 radical (unpaired) electrons. The van der Waals surface area contributed by atoms with E-state index >= 15 is 0 Å². The van der Waals surface area contributed by atoms with Gasteiger partial charge in [0.25, 0.3) is 5.91 Å². The molecule has 3 aromatic rings. The summed E-state index contributed by atoms with van der Waals surface area (Å²) >= 11 is 1.56. The van der Waals surface area contributed by atoms with E-state index in [1.165, 1.54) is 0 Å². The monoisotopic (exact) mass is 340 g/mol. The van der Waals surface area contributed by atoms with E-state index in [-0.39, 0.29) is 11.9 Å². The molecule has 1 aliphatic heterocycles. The Morgan fingerprint density at radius 2 is 2.33 bits per heavy atom. The summed E-state index contributed by atoms with van der Waals surface area (Å²) in [6.07, 6.45) is 4.76. The predicted octanol–water partition coefficient (Wildman–Crippen LogP) is 3.53. The highest BCUT2D eigenvalue weighted by Crippen LogP contribution is 2.29. The minimum Gasteiger partial charge on any atom is -0.336 e. The SMILES string of the molecule is CCCc1nc2cccnc2n1C1CCN(C(=O)c2ccsc2)C1. The molecule has 0 saturated carbocycles. The third kappa shape index (κ3) is 2.60. The van der Waals surface area contributed by atoms with Crippen LogP contribution in [0.1, 0.15) is 42.0 Å². The van der Waals surface area contributed by atoms with Crippen LogP contribution < -0.4 is 0 Å². The Bertz CT molecular complexity index is 855. The number of nitrogens with zero attached hydrogens (tertiary/aromatic N) is 4. The Morgan fingerprint density at radius 1 is 1.42 bits per heavy atom. The fraction of sp³-hybridized carbons (Fsp3) is 0.389. The number of hydrogen-bond acceptors (Lipinski definition) is 4. The molecule has 1 amide bonds. The van der Waals surface area contributed by atoms with E-state index in [1.807, 2.05) is 40.1 Å². The second-order valence-electron chi connectivity index (χ2n) is 6.20. The highest BCUT2D eigenvalue weighted by atomic mass is 32.1. The number of pyridine rings is 1. The van der Waals surface area contributed by atoms with Crippen LogP contribution in [0, 0.1) is 0 Å². The molecule has 0 N–H and O–H groups in total. The predicted molar refractivity (Wildman–Crippen MR) is 95.4 cm³/mol. The number of aromatic nitrogens is 3. The highest BCUT2D eigenvalue weighted by molar-refractivity contribution is 7.08. The lowest BCUT2D eigenvalue weighted by Crippen LogP contribution is -2.29. The lowest BCUT2D eigenvalue weighted by molar-refractivity contribution is 0.0788. The van der Waals surface area contributed by atoms with E-state index in [0.29, 0.717) is 0 Å². The van der Waals surface area contributed by atoms with E-state index in [1.54, 1.807) is 11.3 Å². The summed E-state index contributed by atoms with van der Waals surface area (Å²) in [6, 6.07) is 6.10. The maximum Gasteiger partial charge on any atom is 0.254 e. The Balaban J connectivity index is 1.64. The van der Waals surface area contributed by atoms with Crippen LogP contribution in [0.5, 0.6) is 0 Å². The van der Waals surface area contributed by atoms with Crippen LogP contribution in [0.15, 0.2) is 35.2 Å². The van der Waals surface area contributed by atoms with Gasteiger partial charge in [0.05, 0.1) is 11.6 Å². The summed E-state index contributed by atoms with van der Waals surface area (Å²) in [7, 11) is 0. The zero-order valence-electron chi connectivity index (χ0n) is 13.7. The largest absolute Gasteiger partial charge is 0.336 e. The van der Waals surface area contributed by atoms with Gasteiger partial charge in [0.15, 0.2) is 5.65 Å². The first-order valence-electron chi connectivity index (χ1n) is 8.41. The van der Waals surface area contributed by atoms with Crippen molar-refractivity contribution in [1.82, 2.24) is 19.4 Å². The third-order valence-electron chi connectivity index (χ3n) is 4.58. The average molecular weight is 340 g/mol. The molecule has 1 unspecified atom stereocenters. The second-order valence-corrected chi connectivity index (χ2v) is 6.98. The van der Waals surface area contributed by atoms with Crippen molar-refractivity contribution in [3.63, 3.8) is 0 Å². The Labute approximate surface area is 145 Å². The number of amides is 1. The molecule has 0 spiro atoms. The number of imidazole rings is 1. The van der Waals surface area contributed by atoms with Gasteiger partial charge in [-0.2, -0.15) is 11.3 Å². The fourth-order valence-electron chi connectivity index (χ4n) is 3.47. The van der Waals surface area contributed by atoms with Gasteiger partial charge in [0.2, 0.25) is 0 Å². The van der Waals surface area contributed by atoms with E-state index in [2.05, 4.69) is 16.5 Å². The van der Waals surface area contributed by atoms with Crippen molar-refractivity contribution < 1.29 is 4.79 Å². The number of likely N-dealkylation sites (tertiary alicyclic amines) is 1. The Hall–Kier alpha value is -2.21. The standard InChI is InChI=1S/C18H20N4OS/c1-2-4-16-20-15-5-3-8-19-17(15)22(16)14-6-9-21(11-14)18(23)13-7-10-24-12-13/h3,5,7-8,10,12,14H,2,4,6,9,11H2,1H3. The number of thiophene rings is 1. The summed E-state index contributed by atoms with van der Waals surface area (Å²) in [4.78, 5) is 23.9. The smallest absolute Gasteiger partial charge is 0.254 e. The maximum absolute atomic E-state index is 12.6. The van der Waals surface area contributed by atoms with Gasteiger partial charge in [-0.05, 0) is 36.4 Å². The van der Waals surface area contributed by atoms with Crippen LogP contribution in [0.25, 0.3) is 11.2 Å². The molecule has 1 atom stereocenters. The molecule has 4 heterocycles. The van der Waals surface area contributed by atoms with Crippen LogP contribution in [0.2, 0.25) is 0 Å². The lowest BCUT2D eigenvalue weighted by atomic mass is 10.2. The molecule has 4 rings (SSSR count). The van der Waals surface area contributed by atoms with Crippen molar-refractivity contribution in [2.24, 2.45) is 0 Å². The van der Waals surface area contributed by atoms with Gasteiger partial charge >= 0.3 is 0 Å². The second kappa shape index (κ2) is 6.36. The first-order chi connectivity index (χ1) is 11.8. The van der Waals surface area contributed by atoms with Gasteiger partial charge < -0.3 is 9.47 Å². The molecule has 0 aromatic carbocycles. The fourth-order valence-corrected chi connectivity index (χ4v) is 4.10. The molecule has 0 bridgehead atoms. The number of fused-ring (bicyclic) bond motifs is 1. The van der Waals surface area contributed by atoms with Crippen molar-refractivity contribution in [1.29, 1.82) is 0 Å². The van der Waals surface area contributed by atoms with Crippen LogP contribution in [0.4, 0.5) is 0 Å². The molecular weight excluding hydrogens is 320 g/mol. The van der Waals surface area contributed by atoms with Gasteiger partial charge in [-0.15, -0.1) is 0 Å². The third-order valence-corrected chi connectivity index (χ3v) is 5.26. The molecule has 3 aromatic heterocycles. The summed E-state index contributed by atoms with van der Waals surface area (Å²) in [5, 5.41) is 3.87. The van der Waals surface area contributed by atoms with Crippen molar-refractivity contribution in [3.05, 3.63) is 46.5 Å². The van der Waals surface area contributed by atoms with E-state index in [4.69, 9.17) is 4.98 Å². The first-order valence-corrected chi connectivity index (χ1v) is 9.35. The number of rotatable bonds is 4. The highest BCUT2D eigenvalue weighted by Gasteiger charge is 2.30. The molecule has 0 aliphatic carbocycles. The van der Waals surface area contributed by atoms with Crippen LogP contribution in [-0.4, -0.2) is 38.4 Å². The van der Waals surface area contributed by atoms with E-state index < -0.39 is 0 Å². The summed E-state index contributed by atoms with van der Waals surface area (Å²) in [6.45, 7) is 3.68. The minimum atomic E-state index is 0.133. The van der Waals surface area contributed by atoms with Crippen LogP contribution in [-0.2, 0) is 6.42 Å². The summed E-state index contributed by atoms with van der Waals surface area (Å²) < 4.78 is 2.26. The zero-order chi connectivity index (χ0) is 16.5. The van der Waals surface area contributed by atoms with Crippen LogP contribution in [0.3, 0.4) is 0 Å². The van der Waals surface area contributed by atoms with Crippen molar-refractivity contribution in [2.45, 2.75) is 32.2 Å². The Kier molecular flexibility index (Phi) is 4.06. The van der Waals surface area contributed by atoms with Crippen molar-refractivity contribution >= 4 is 28.4 Å². The normalized spacial score (nSPS) is 17.7. The number of carbonyl (C=O) groups excluding carboxylic acids is 1. The summed E-state index contributed by atoms with van der Waals surface area (Å²) in [5.74, 6) is 1.22. The lowest BCUT2D eigenvalue weighted by Gasteiger charge is -2.18. The number of hydrogen-bond donors (Lipinski definition) is 0. The van der Waals surface area contributed by atoms with Gasteiger partial charge in [-0.1, -0.05) is 6.92 Å². The molecule has 1 aliphatic rings. The van der Waals surface area contributed by atoms with E-state index in [0.717, 1.165) is 54.9 Å². The molecule has 6 heteroatoms. The average Bonchev–Trinajstić information content (AvgIpc) is 3.33. The molecule has 1 saturated heterocycles. The van der Waals surface area contributed by atoms with Gasteiger partial charge in [-0.25, -0.2) is 9.97 Å². The Morgan fingerprint density at radius 3 is 3.12 bits per heavy atom. The topological polar surface area (TPSA) is 51.0 Å². The quantitative estimate of drug-likeness (QED) is 0.730.